The summed E-state index contributed by atoms with van der Waals surface area (Å²) in [6.07, 6.45) is -4.47. The molecule has 0 atom stereocenters. The van der Waals surface area contributed by atoms with Gasteiger partial charge in [0.25, 0.3) is 0 Å². The molecule has 1 heterocycles. The molecule has 1 aromatic heterocycles. The van der Waals surface area contributed by atoms with Gasteiger partial charge >= 0.3 is 6.36 Å². The topological polar surface area (TPSA) is 48.4 Å². The van der Waals surface area contributed by atoms with Crippen LogP contribution in [0.3, 0.4) is 0 Å². The molecular weight excluding hydrogens is 263 g/mol. The second-order valence-corrected chi connectivity index (χ2v) is 3.09. The van der Waals surface area contributed by atoms with Crippen LogP contribution in [0.2, 0.25) is 0 Å². The van der Waals surface area contributed by atoms with Crippen molar-refractivity contribution in [3.63, 3.8) is 0 Å². The van der Waals surface area contributed by atoms with Crippen LogP contribution in [0.1, 0.15) is 16.1 Å². The third-order valence-corrected chi connectivity index (χ3v) is 2.01. The molecule has 0 bridgehead atoms. The number of hydrogen-bond acceptors (Lipinski definition) is 4. The Bertz CT molecular complexity index is 397. The molecule has 0 amide bonds. The fourth-order valence-electron chi connectivity index (χ4n) is 1.13. The maximum absolute atomic E-state index is 12.0. The number of aldehydes is 1. The maximum Gasteiger partial charge on any atom is 0.574 e. The Labute approximate surface area is 99.3 Å². The monoisotopic (exact) mass is 269 g/mol. The predicted octanol–water partition coefficient (Wildman–Crippen LogP) is 2.54. The van der Waals surface area contributed by atoms with Crippen LogP contribution < -0.4 is 9.47 Å². The van der Waals surface area contributed by atoms with Crippen LogP contribution in [0, 0.1) is 0 Å². The summed E-state index contributed by atoms with van der Waals surface area (Å²) in [6, 6.07) is 0.868. The number of aromatic nitrogens is 1. The van der Waals surface area contributed by atoms with Gasteiger partial charge in [-0.1, -0.05) is 0 Å². The van der Waals surface area contributed by atoms with Crippen LogP contribution >= 0.6 is 11.6 Å². The number of pyridine rings is 1. The summed E-state index contributed by atoms with van der Waals surface area (Å²) in [5.41, 5.74) is -0.0442. The van der Waals surface area contributed by atoms with Crippen molar-refractivity contribution in [1.82, 2.24) is 4.98 Å². The molecule has 0 aliphatic heterocycles. The van der Waals surface area contributed by atoms with Gasteiger partial charge in [0, 0.05) is 6.07 Å². The Hall–Kier alpha value is -1.50. The minimum Gasteiger partial charge on any atom is -0.496 e. The van der Waals surface area contributed by atoms with Crippen LogP contribution in [-0.4, -0.2) is 24.7 Å². The first-order valence-corrected chi connectivity index (χ1v) is 4.79. The van der Waals surface area contributed by atoms with Gasteiger partial charge in [-0.3, -0.25) is 4.79 Å². The van der Waals surface area contributed by atoms with Crippen molar-refractivity contribution < 1.29 is 27.4 Å². The lowest BCUT2D eigenvalue weighted by molar-refractivity contribution is -0.276. The summed E-state index contributed by atoms with van der Waals surface area (Å²) in [4.78, 5) is 14.2. The van der Waals surface area contributed by atoms with E-state index in [1.54, 1.807) is 0 Å². The number of hydrogen-bond donors (Lipinski definition) is 0. The molecule has 0 unspecified atom stereocenters. The highest BCUT2D eigenvalue weighted by Gasteiger charge is 2.32. The van der Waals surface area contributed by atoms with Gasteiger partial charge in [0.05, 0.1) is 24.2 Å². The fourth-order valence-corrected chi connectivity index (χ4v) is 1.33. The van der Waals surface area contributed by atoms with E-state index in [2.05, 4.69) is 9.72 Å². The smallest absolute Gasteiger partial charge is 0.496 e. The van der Waals surface area contributed by atoms with E-state index in [0.29, 0.717) is 6.29 Å². The normalized spacial score (nSPS) is 11.1. The van der Waals surface area contributed by atoms with Gasteiger partial charge in [-0.15, -0.1) is 24.8 Å². The molecule has 1 rings (SSSR count). The first-order valence-electron chi connectivity index (χ1n) is 4.26. The van der Waals surface area contributed by atoms with Gasteiger partial charge < -0.3 is 9.47 Å². The van der Waals surface area contributed by atoms with Crippen LogP contribution in [-0.2, 0) is 5.88 Å². The summed E-state index contributed by atoms with van der Waals surface area (Å²) in [6.45, 7) is 0. The number of methoxy groups -OCH3 is 1. The average Bonchev–Trinajstić information content (AvgIpc) is 2.25. The first-order chi connectivity index (χ1) is 7.91. The molecule has 0 aromatic carbocycles. The Morgan fingerprint density at radius 1 is 1.53 bits per heavy atom. The van der Waals surface area contributed by atoms with Crippen molar-refractivity contribution in [2.45, 2.75) is 12.2 Å². The van der Waals surface area contributed by atoms with Crippen molar-refractivity contribution in [2.75, 3.05) is 7.11 Å². The summed E-state index contributed by atoms with van der Waals surface area (Å²) in [5.74, 6) is -1.04. The van der Waals surface area contributed by atoms with Crippen molar-refractivity contribution in [2.24, 2.45) is 0 Å². The second kappa shape index (κ2) is 5.22. The standard InChI is InChI=1S/C9H7ClF3NO3/c1-16-7-2-8(17-9(11,12)13)14-6(3-10)5(7)4-15/h2,4H,3H2,1H3. The van der Waals surface area contributed by atoms with E-state index in [1.807, 2.05) is 0 Å². The highest BCUT2D eigenvalue weighted by atomic mass is 35.5. The number of ether oxygens (including phenoxy) is 2. The molecule has 17 heavy (non-hydrogen) atoms. The molecule has 0 radical (unpaired) electrons. The Morgan fingerprint density at radius 2 is 2.18 bits per heavy atom. The van der Waals surface area contributed by atoms with E-state index in [0.717, 1.165) is 6.07 Å². The lowest BCUT2D eigenvalue weighted by atomic mass is 10.2. The molecule has 0 saturated heterocycles. The number of halogens is 4. The van der Waals surface area contributed by atoms with Crippen LogP contribution in [0.25, 0.3) is 0 Å². The van der Waals surface area contributed by atoms with Crippen LogP contribution in [0.4, 0.5) is 13.2 Å². The van der Waals surface area contributed by atoms with Crippen LogP contribution in [0.5, 0.6) is 11.6 Å². The Balaban J connectivity index is 3.22. The zero-order valence-corrected chi connectivity index (χ0v) is 9.30. The van der Waals surface area contributed by atoms with E-state index >= 15 is 0 Å². The van der Waals surface area contributed by atoms with Gasteiger partial charge in [0.1, 0.15) is 5.75 Å². The van der Waals surface area contributed by atoms with E-state index in [1.165, 1.54) is 7.11 Å². The van der Waals surface area contributed by atoms with Gasteiger partial charge in [-0.2, -0.15) is 0 Å². The van der Waals surface area contributed by atoms with E-state index in [-0.39, 0.29) is 22.9 Å². The summed E-state index contributed by atoms with van der Waals surface area (Å²) < 4.78 is 44.3. The molecule has 0 fully saturated rings. The number of nitrogens with zero attached hydrogens (tertiary/aromatic N) is 1. The zero-order valence-electron chi connectivity index (χ0n) is 8.55. The second-order valence-electron chi connectivity index (χ2n) is 2.82. The van der Waals surface area contributed by atoms with Gasteiger partial charge in [-0.25, -0.2) is 4.98 Å². The molecular formula is C9H7ClF3NO3. The molecule has 8 heteroatoms. The van der Waals surface area contributed by atoms with Crippen molar-refractivity contribution in [3.05, 3.63) is 17.3 Å². The van der Waals surface area contributed by atoms with E-state index in [9.17, 15) is 18.0 Å². The lowest BCUT2D eigenvalue weighted by Crippen LogP contribution is -2.18. The number of alkyl halides is 4. The molecule has 0 N–H and O–H groups in total. The largest absolute Gasteiger partial charge is 0.574 e. The van der Waals surface area contributed by atoms with Gasteiger partial charge in [0.2, 0.25) is 5.88 Å². The lowest BCUT2D eigenvalue weighted by Gasteiger charge is -2.12. The minimum absolute atomic E-state index is 0.00276. The van der Waals surface area contributed by atoms with Gasteiger partial charge in [0.15, 0.2) is 6.29 Å². The maximum atomic E-state index is 12.0. The van der Waals surface area contributed by atoms with Crippen molar-refractivity contribution in [1.29, 1.82) is 0 Å². The number of carbonyl (C=O) groups excluding carboxylic acids is 1. The quantitative estimate of drug-likeness (QED) is 0.622. The SMILES string of the molecule is COc1cc(OC(F)(F)F)nc(CCl)c1C=O. The molecule has 1 aromatic rings. The Kier molecular flexibility index (Phi) is 4.17. The fraction of sp³-hybridized carbons (Fsp3) is 0.333. The van der Waals surface area contributed by atoms with Gasteiger partial charge in [-0.05, 0) is 0 Å². The third kappa shape index (κ3) is 3.48. The van der Waals surface area contributed by atoms with E-state index in [4.69, 9.17) is 16.3 Å². The molecule has 0 aliphatic carbocycles. The van der Waals surface area contributed by atoms with Crippen LogP contribution in [0.15, 0.2) is 6.07 Å². The highest BCUT2D eigenvalue weighted by Crippen LogP contribution is 2.28. The Morgan fingerprint density at radius 3 is 2.59 bits per heavy atom. The predicted molar refractivity (Wildman–Crippen MR) is 52.4 cm³/mol. The molecule has 94 valence electrons. The summed E-state index contributed by atoms with van der Waals surface area (Å²) >= 11 is 5.47. The molecule has 0 aliphatic rings. The number of carbonyl (C=O) groups is 1. The first kappa shape index (κ1) is 13.6. The number of rotatable bonds is 4. The molecule has 0 saturated carbocycles. The summed E-state index contributed by atoms with van der Waals surface area (Å²) in [7, 11) is 1.21. The highest BCUT2D eigenvalue weighted by molar-refractivity contribution is 6.17. The van der Waals surface area contributed by atoms with Crippen molar-refractivity contribution >= 4 is 17.9 Å². The zero-order chi connectivity index (χ0) is 13.1. The minimum atomic E-state index is -4.87. The molecule has 4 nitrogen and oxygen atoms in total. The van der Waals surface area contributed by atoms with E-state index < -0.39 is 12.2 Å². The molecule has 0 spiro atoms. The van der Waals surface area contributed by atoms with Crippen molar-refractivity contribution in [3.8, 4) is 11.6 Å². The third-order valence-electron chi connectivity index (χ3n) is 1.76. The average molecular weight is 270 g/mol. The summed E-state index contributed by atoms with van der Waals surface area (Å²) in [5, 5.41) is 0.